The van der Waals surface area contributed by atoms with E-state index in [0.717, 1.165) is 5.56 Å². The predicted molar refractivity (Wildman–Crippen MR) is 136 cm³/mol. The monoisotopic (exact) mass is 517 g/mol. The molecule has 3 aromatic carbocycles. The molecule has 0 bridgehead atoms. The molecule has 0 aliphatic heterocycles. The highest BCUT2D eigenvalue weighted by atomic mass is 16.6. The summed E-state index contributed by atoms with van der Waals surface area (Å²) in [5.74, 6) is -6.15. The van der Waals surface area contributed by atoms with Crippen molar-refractivity contribution in [2.75, 3.05) is 0 Å². The van der Waals surface area contributed by atoms with Crippen LogP contribution in [0, 0.1) is 22.0 Å². The van der Waals surface area contributed by atoms with E-state index in [1.54, 1.807) is 48.5 Å². The third kappa shape index (κ3) is 5.95. The first-order valence-corrected chi connectivity index (χ1v) is 12.1. The molecule has 1 aliphatic rings. The molecule has 1 aliphatic carbocycles. The summed E-state index contributed by atoms with van der Waals surface area (Å²) in [6.07, 6.45) is -0.466. The van der Waals surface area contributed by atoms with Gasteiger partial charge in [-0.2, -0.15) is 0 Å². The zero-order valence-corrected chi connectivity index (χ0v) is 20.7. The van der Waals surface area contributed by atoms with E-state index in [1.807, 2.05) is 12.1 Å². The third-order valence-electron chi connectivity index (χ3n) is 6.71. The fourth-order valence-corrected chi connectivity index (χ4v) is 4.87. The average Bonchev–Trinajstić information content (AvgIpc) is 2.90. The molecule has 9 heteroatoms. The quantitative estimate of drug-likeness (QED) is 0.204. The lowest BCUT2D eigenvalue weighted by molar-refractivity contribution is -0.384. The number of esters is 2. The lowest BCUT2D eigenvalue weighted by Gasteiger charge is -2.43. The van der Waals surface area contributed by atoms with Crippen LogP contribution in [0.25, 0.3) is 0 Å². The number of nitrogens with zero attached hydrogens (tertiary/aromatic N) is 1. The average molecular weight is 518 g/mol. The van der Waals surface area contributed by atoms with Crippen molar-refractivity contribution in [3.8, 4) is 0 Å². The van der Waals surface area contributed by atoms with Crippen LogP contribution in [0.2, 0.25) is 0 Å². The zero-order valence-electron chi connectivity index (χ0n) is 20.7. The van der Waals surface area contributed by atoms with Gasteiger partial charge in [-0.15, -0.1) is 0 Å². The first kappa shape index (κ1) is 26.7. The van der Waals surface area contributed by atoms with Crippen molar-refractivity contribution in [1.82, 2.24) is 0 Å². The lowest BCUT2D eigenvalue weighted by Crippen LogP contribution is -2.55. The van der Waals surface area contributed by atoms with Crippen LogP contribution in [0.15, 0.2) is 84.9 Å². The summed E-state index contributed by atoms with van der Waals surface area (Å²) in [5.41, 5.74) is -0.311. The highest BCUT2D eigenvalue weighted by Crippen LogP contribution is 2.47. The van der Waals surface area contributed by atoms with Gasteiger partial charge < -0.3 is 14.6 Å². The maximum absolute atomic E-state index is 13.4. The molecule has 3 aromatic rings. The van der Waals surface area contributed by atoms with Crippen molar-refractivity contribution in [1.29, 1.82) is 0 Å². The van der Waals surface area contributed by atoms with E-state index in [9.17, 15) is 29.6 Å². The summed E-state index contributed by atoms with van der Waals surface area (Å²) in [4.78, 5) is 50.6. The van der Waals surface area contributed by atoms with Crippen molar-refractivity contribution < 1.29 is 33.9 Å². The number of Topliss-reactive ketones (excluding diaryl/α,β-unsaturated/α-hetero) is 1. The van der Waals surface area contributed by atoms with Crippen molar-refractivity contribution in [3.05, 3.63) is 112 Å². The Morgan fingerprint density at radius 1 is 0.895 bits per heavy atom. The minimum absolute atomic E-state index is 0.0731. The van der Waals surface area contributed by atoms with Gasteiger partial charge in [0, 0.05) is 24.5 Å². The van der Waals surface area contributed by atoms with Crippen LogP contribution < -0.4 is 0 Å². The number of ether oxygens (including phenoxy) is 2. The van der Waals surface area contributed by atoms with Gasteiger partial charge in [0.2, 0.25) is 0 Å². The number of carbonyl (C=O) groups excluding carboxylic acids is 3. The van der Waals surface area contributed by atoms with Crippen LogP contribution in [-0.2, 0) is 37.1 Å². The summed E-state index contributed by atoms with van der Waals surface area (Å²) < 4.78 is 11.0. The second kappa shape index (κ2) is 11.4. The molecular weight excluding hydrogens is 490 g/mol. The topological polar surface area (TPSA) is 133 Å². The Balaban J connectivity index is 1.68. The van der Waals surface area contributed by atoms with Crippen LogP contribution in [0.1, 0.15) is 36.0 Å². The van der Waals surface area contributed by atoms with Gasteiger partial charge in [-0.3, -0.25) is 24.5 Å². The second-order valence-electron chi connectivity index (χ2n) is 9.52. The van der Waals surface area contributed by atoms with Gasteiger partial charge in [0.1, 0.15) is 19.1 Å². The molecule has 0 unspecified atom stereocenters. The lowest BCUT2D eigenvalue weighted by atomic mass is 9.61. The smallest absolute Gasteiger partial charge is 0.317 e. The van der Waals surface area contributed by atoms with Gasteiger partial charge >= 0.3 is 11.9 Å². The van der Waals surface area contributed by atoms with Gasteiger partial charge in [0.15, 0.2) is 5.78 Å². The fraction of sp³-hybridized carbons (Fsp3) is 0.276. The number of ketones is 1. The number of nitro benzene ring substituents is 1. The number of hydrogen-bond donors (Lipinski definition) is 1. The summed E-state index contributed by atoms with van der Waals surface area (Å²) >= 11 is 0. The second-order valence-corrected chi connectivity index (χ2v) is 9.52. The van der Waals surface area contributed by atoms with E-state index < -0.39 is 52.4 Å². The Kier molecular flexibility index (Phi) is 7.97. The van der Waals surface area contributed by atoms with Crippen LogP contribution in [0.4, 0.5) is 5.69 Å². The van der Waals surface area contributed by atoms with Crippen LogP contribution >= 0.6 is 0 Å². The minimum Gasteiger partial charge on any atom is -0.461 e. The van der Waals surface area contributed by atoms with Gasteiger partial charge in [0.05, 0.1) is 16.4 Å². The van der Waals surface area contributed by atoms with Crippen LogP contribution in [0.3, 0.4) is 0 Å². The summed E-state index contributed by atoms with van der Waals surface area (Å²) in [6, 6.07) is 23.1. The molecule has 1 fully saturated rings. The Bertz CT molecular complexity index is 1310. The van der Waals surface area contributed by atoms with E-state index in [4.69, 9.17) is 9.47 Å². The number of hydrogen-bond acceptors (Lipinski definition) is 8. The molecule has 0 amide bonds. The van der Waals surface area contributed by atoms with E-state index in [2.05, 4.69) is 0 Å². The third-order valence-corrected chi connectivity index (χ3v) is 6.71. The number of nitro groups is 1. The molecular formula is C29H27NO8. The Morgan fingerprint density at radius 3 is 1.89 bits per heavy atom. The largest absolute Gasteiger partial charge is 0.461 e. The van der Waals surface area contributed by atoms with Crippen molar-refractivity contribution in [3.63, 3.8) is 0 Å². The predicted octanol–water partition coefficient (Wildman–Crippen LogP) is 4.12. The highest BCUT2D eigenvalue weighted by Gasteiger charge is 2.57. The maximum Gasteiger partial charge on any atom is 0.317 e. The van der Waals surface area contributed by atoms with E-state index in [-0.39, 0.29) is 18.9 Å². The molecule has 4 atom stereocenters. The molecule has 196 valence electrons. The van der Waals surface area contributed by atoms with Gasteiger partial charge in [-0.25, -0.2) is 0 Å². The zero-order chi connectivity index (χ0) is 27.3. The Morgan fingerprint density at radius 2 is 1.39 bits per heavy atom. The molecule has 0 aromatic heterocycles. The molecule has 38 heavy (non-hydrogen) atoms. The first-order valence-electron chi connectivity index (χ1n) is 12.1. The fourth-order valence-electron chi connectivity index (χ4n) is 4.87. The molecule has 1 saturated carbocycles. The Hall–Kier alpha value is -4.37. The van der Waals surface area contributed by atoms with E-state index in [1.165, 1.54) is 31.2 Å². The van der Waals surface area contributed by atoms with Crippen LogP contribution in [-0.4, -0.2) is 33.4 Å². The molecule has 4 rings (SSSR count). The van der Waals surface area contributed by atoms with Gasteiger partial charge in [-0.05, 0) is 23.6 Å². The maximum atomic E-state index is 13.4. The molecule has 9 nitrogen and oxygen atoms in total. The molecule has 0 saturated heterocycles. The number of benzene rings is 3. The number of aliphatic hydroxyl groups is 1. The van der Waals surface area contributed by atoms with Gasteiger partial charge in [0.25, 0.3) is 5.69 Å². The molecule has 0 heterocycles. The Labute approximate surface area is 219 Å². The minimum atomic E-state index is -1.84. The van der Waals surface area contributed by atoms with Crippen molar-refractivity contribution >= 4 is 23.4 Å². The van der Waals surface area contributed by atoms with Gasteiger partial charge in [-0.1, -0.05) is 72.8 Å². The summed E-state index contributed by atoms with van der Waals surface area (Å²) in [6.45, 7) is 1.19. The molecule has 0 spiro atoms. The first-order chi connectivity index (χ1) is 18.2. The molecule has 0 radical (unpaired) electrons. The van der Waals surface area contributed by atoms with E-state index >= 15 is 0 Å². The number of non-ortho nitro benzene ring substituents is 1. The van der Waals surface area contributed by atoms with E-state index in [0.29, 0.717) is 11.1 Å². The number of carbonyl (C=O) groups is 3. The van der Waals surface area contributed by atoms with Crippen molar-refractivity contribution in [2.24, 2.45) is 11.8 Å². The van der Waals surface area contributed by atoms with Crippen LogP contribution in [0.5, 0.6) is 0 Å². The van der Waals surface area contributed by atoms with Crippen molar-refractivity contribution in [2.45, 2.75) is 38.1 Å². The summed E-state index contributed by atoms with van der Waals surface area (Å²) in [7, 11) is 0. The standard InChI is InChI=1S/C29H27NO8/c1-29(34)16-23(31)25(27(32)37-17-19-8-4-2-5-9-19)24(21-12-14-22(15-13-21)30(35)36)26(29)28(33)38-18-20-10-6-3-7-11-20/h2-15,24-26,34H,16-18H2,1H3/t24-,25-,26-,29-/m0/s1. The number of rotatable bonds is 8. The highest BCUT2D eigenvalue weighted by molar-refractivity contribution is 6.02. The SMILES string of the molecule is C[C@]1(O)CC(=O)[C@H](C(=O)OCc2ccccc2)[C@H](c2ccc([N+](=O)[O-])cc2)[C@H]1C(=O)OCc1ccccc1. The molecule has 1 N–H and O–H groups in total. The summed E-state index contributed by atoms with van der Waals surface area (Å²) in [5, 5.41) is 22.5. The normalized spacial score (nSPS) is 22.9.